The van der Waals surface area contributed by atoms with Crippen molar-refractivity contribution in [2.24, 2.45) is 0 Å². The molecule has 1 aromatic carbocycles. The Morgan fingerprint density at radius 1 is 1.35 bits per heavy atom. The first-order valence-corrected chi connectivity index (χ1v) is 7.64. The normalized spacial score (nSPS) is 15.2. The first kappa shape index (κ1) is 15.3. The number of hydrogen-bond acceptors (Lipinski definition) is 4. The van der Waals surface area contributed by atoms with Gasteiger partial charge in [-0.25, -0.2) is 0 Å². The standard InChI is InChI=1S/C17H18N2O4/c1-12(16-3-2-10-23-16)18(14-8-9-14)17(20)11-13-4-6-15(7-5-13)19(21)22/h2-7,10,12,14H,8-9,11H2,1H3. The summed E-state index contributed by atoms with van der Waals surface area (Å²) in [6.07, 6.45) is 3.87. The number of rotatable bonds is 6. The first-order valence-electron chi connectivity index (χ1n) is 7.64. The van der Waals surface area contributed by atoms with Gasteiger partial charge in [0, 0.05) is 18.2 Å². The third-order valence-electron chi connectivity index (χ3n) is 4.10. The molecule has 1 amide bonds. The van der Waals surface area contributed by atoms with Gasteiger partial charge >= 0.3 is 0 Å². The second-order valence-corrected chi connectivity index (χ2v) is 5.82. The molecule has 120 valence electrons. The highest BCUT2D eigenvalue weighted by Gasteiger charge is 2.36. The summed E-state index contributed by atoms with van der Waals surface area (Å²) in [7, 11) is 0. The summed E-state index contributed by atoms with van der Waals surface area (Å²) in [4.78, 5) is 24.8. The Balaban J connectivity index is 1.73. The Hall–Kier alpha value is -2.63. The van der Waals surface area contributed by atoms with Crippen LogP contribution in [0.5, 0.6) is 0 Å². The van der Waals surface area contributed by atoms with Crippen LogP contribution in [0, 0.1) is 10.1 Å². The smallest absolute Gasteiger partial charge is 0.269 e. The molecule has 2 aromatic rings. The molecule has 0 spiro atoms. The van der Waals surface area contributed by atoms with Crippen molar-refractivity contribution in [3.8, 4) is 0 Å². The van der Waals surface area contributed by atoms with Gasteiger partial charge in [-0.1, -0.05) is 12.1 Å². The molecule has 1 heterocycles. The van der Waals surface area contributed by atoms with E-state index < -0.39 is 4.92 Å². The Bertz CT molecular complexity index is 690. The van der Waals surface area contributed by atoms with Crippen LogP contribution in [0.3, 0.4) is 0 Å². The van der Waals surface area contributed by atoms with E-state index in [1.165, 1.54) is 12.1 Å². The molecule has 1 aliphatic carbocycles. The van der Waals surface area contributed by atoms with Crippen molar-refractivity contribution in [1.82, 2.24) is 4.90 Å². The van der Waals surface area contributed by atoms with E-state index in [-0.39, 0.29) is 30.1 Å². The maximum Gasteiger partial charge on any atom is 0.269 e. The molecule has 1 aromatic heterocycles. The predicted octanol–water partition coefficient (Wildman–Crippen LogP) is 3.48. The van der Waals surface area contributed by atoms with Crippen LogP contribution in [0.25, 0.3) is 0 Å². The number of non-ortho nitro benzene ring substituents is 1. The number of benzene rings is 1. The Labute approximate surface area is 133 Å². The summed E-state index contributed by atoms with van der Waals surface area (Å²) in [6.45, 7) is 1.96. The van der Waals surface area contributed by atoms with E-state index in [2.05, 4.69) is 0 Å². The average Bonchev–Trinajstić information content (AvgIpc) is 3.19. The molecule has 1 saturated carbocycles. The summed E-state index contributed by atoms with van der Waals surface area (Å²) >= 11 is 0. The van der Waals surface area contributed by atoms with Crippen LogP contribution in [0.1, 0.15) is 37.1 Å². The Morgan fingerprint density at radius 2 is 2.04 bits per heavy atom. The third-order valence-corrected chi connectivity index (χ3v) is 4.10. The van der Waals surface area contributed by atoms with E-state index in [0.29, 0.717) is 0 Å². The molecule has 0 radical (unpaired) electrons. The van der Waals surface area contributed by atoms with Gasteiger partial charge in [0.15, 0.2) is 0 Å². The minimum atomic E-state index is -0.443. The molecule has 1 atom stereocenters. The molecule has 1 fully saturated rings. The maximum atomic E-state index is 12.7. The zero-order valence-corrected chi connectivity index (χ0v) is 12.8. The first-order chi connectivity index (χ1) is 11.1. The third kappa shape index (κ3) is 3.41. The summed E-state index contributed by atoms with van der Waals surface area (Å²) in [6, 6.07) is 9.98. The number of nitro benzene ring substituents is 1. The summed E-state index contributed by atoms with van der Waals surface area (Å²) < 4.78 is 5.43. The fourth-order valence-electron chi connectivity index (χ4n) is 2.76. The number of carbonyl (C=O) groups excluding carboxylic acids is 1. The summed E-state index contributed by atoms with van der Waals surface area (Å²) in [5.41, 5.74) is 0.807. The number of amides is 1. The van der Waals surface area contributed by atoms with E-state index in [0.717, 1.165) is 24.2 Å². The van der Waals surface area contributed by atoms with Crippen molar-refractivity contribution in [2.75, 3.05) is 0 Å². The van der Waals surface area contributed by atoms with E-state index in [1.807, 2.05) is 24.0 Å². The van der Waals surface area contributed by atoms with Gasteiger partial charge in [-0.05, 0) is 37.5 Å². The number of nitro groups is 1. The van der Waals surface area contributed by atoms with Crippen molar-refractivity contribution < 1.29 is 14.1 Å². The number of nitrogens with zero attached hydrogens (tertiary/aromatic N) is 2. The van der Waals surface area contributed by atoms with Gasteiger partial charge in [0.1, 0.15) is 5.76 Å². The van der Waals surface area contributed by atoms with Crippen LogP contribution >= 0.6 is 0 Å². The Morgan fingerprint density at radius 3 is 2.57 bits per heavy atom. The monoisotopic (exact) mass is 314 g/mol. The molecule has 0 N–H and O–H groups in total. The predicted molar refractivity (Wildman–Crippen MR) is 83.8 cm³/mol. The van der Waals surface area contributed by atoms with Crippen LogP contribution in [0.15, 0.2) is 47.1 Å². The number of carbonyl (C=O) groups is 1. The SMILES string of the molecule is CC(c1ccco1)N(C(=O)Cc1ccc([N+](=O)[O-])cc1)C1CC1. The minimum absolute atomic E-state index is 0.0188. The molecule has 0 saturated heterocycles. The summed E-state index contributed by atoms with van der Waals surface area (Å²) in [5.74, 6) is 0.791. The minimum Gasteiger partial charge on any atom is -0.467 e. The number of furan rings is 1. The molecule has 6 nitrogen and oxygen atoms in total. The van der Waals surface area contributed by atoms with Gasteiger partial charge in [0.25, 0.3) is 5.69 Å². The molecule has 3 rings (SSSR count). The fourth-order valence-corrected chi connectivity index (χ4v) is 2.76. The van der Waals surface area contributed by atoms with E-state index in [4.69, 9.17) is 4.42 Å². The van der Waals surface area contributed by atoms with Crippen LogP contribution in [-0.4, -0.2) is 21.8 Å². The van der Waals surface area contributed by atoms with Crippen molar-refractivity contribution in [3.63, 3.8) is 0 Å². The van der Waals surface area contributed by atoms with Crippen LogP contribution in [0.2, 0.25) is 0 Å². The maximum absolute atomic E-state index is 12.7. The molecular weight excluding hydrogens is 296 g/mol. The van der Waals surface area contributed by atoms with E-state index in [1.54, 1.807) is 18.4 Å². The highest BCUT2D eigenvalue weighted by molar-refractivity contribution is 5.80. The van der Waals surface area contributed by atoms with E-state index in [9.17, 15) is 14.9 Å². The second-order valence-electron chi connectivity index (χ2n) is 5.82. The lowest BCUT2D eigenvalue weighted by Crippen LogP contribution is -2.36. The van der Waals surface area contributed by atoms with Crippen molar-refractivity contribution in [1.29, 1.82) is 0 Å². The quantitative estimate of drug-likeness (QED) is 0.604. The van der Waals surface area contributed by atoms with Crippen LogP contribution in [0.4, 0.5) is 5.69 Å². The lowest BCUT2D eigenvalue weighted by molar-refractivity contribution is -0.384. The molecule has 0 bridgehead atoms. The van der Waals surface area contributed by atoms with Crippen LogP contribution < -0.4 is 0 Å². The average molecular weight is 314 g/mol. The molecule has 6 heteroatoms. The van der Waals surface area contributed by atoms with Gasteiger partial charge in [0.2, 0.25) is 5.91 Å². The Kier molecular flexibility index (Phi) is 4.14. The van der Waals surface area contributed by atoms with Crippen molar-refractivity contribution >= 4 is 11.6 Å². The summed E-state index contributed by atoms with van der Waals surface area (Å²) in [5, 5.41) is 10.7. The van der Waals surface area contributed by atoms with Gasteiger partial charge in [-0.15, -0.1) is 0 Å². The zero-order chi connectivity index (χ0) is 16.4. The largest absolute Gasteiger partial charge is 0.467 e. The van der Waals surface area contributed by atoms with Crippen molar-refractivity contribution in [3.05, 3.63) is 64.1 Å². The highest BCUT2D eigenvalue weighted by atomic mass is 16.6. The van der Waals surface area contributed by atoms with Gasteiger partial charge in [-0.3, -0.25) is 14.9 Å². The van der Waals surface area contributed by atoms with Gasteiger partial charge in [0.05, 0.1) is 23.6 Å². The van der Waals surface area contributed by atoms with E-state index >= 15 is 0 Å². The highest BCUT2D eigenvalue weighted by Crippen LogP contribution is 2.35. The number of hydrogen-bond donors (Lipinski definition) is 0. The molecule has 0 aliphatic heterocycles. The zero-order valence-electron chi connectivity index (χ0n) is 12.8. The second kappa shape index (κ2) is 6.24. The molecule has 23 heavy (non-hydrogen) atoms. The van der Waals surface area contributed by atoms with Gasteiger partial charge in [-0.2, -0.15) is 0 Å². The lowest BCUT2D eigenvalue weighted by atomic mass is 10.1. The fraction of sp³-hybridized carbons (Fsp3) is 0.353. The van der Waals surface area contributed by atoms with Crippen molar-refractivity contribution in [2.45, 2.75) is 38.3 Å². The van der Waals surface area contributed by atoms with Crippen LogP contribution in [-0.2, 0) is 11.2 Å². The topological polar surface area (TPSA) is 76.6 Å². The molecule has 1 aliphatic rings. The molecule has 1 unspecified atom stereocenters. The lowest BCUT2D eigenvalue weighted by Gasteiger charge is -2.28. The van der Waals surface area contributed by atoms with Gasteiger partial charge < -0.3 is 9.32 Å². The molecular formula is C17H18N2O4.